The second-order valence-corrected chi connectivity index (χ2v) is 6.88. The van der Waals surface area contributed by atoms with E-state index in [4.69, 9.17) is 4.74 Å². The number of nitrogens with one attached hydrogen (secondary N) is 1. The Morgan fingerprint density at radius 1 is 1.33 bits per heavy atom. The van der Waals surface area contributed by atoms with Gasteiger partial charge in [0.25, 0.3) is 5.56 Å². The summed E-state index contributed by atoms with van der Waals surface area (Å²) in [5.74, 6) is 0.302. The summed E-state index contributed by atoms with van der Waals surface area (Å²) in [5.41, 5.74) is 1.11. The Bertz CT molecular complexity index is 945. The topological polar surface area (TPSA) is 84.9 Å². The van der Waals surface area contributed by atoms with Gasteiger partial charge in [-0.05, 0) is 30.5 Å². The summed E-state index contributed by atoms with van der Waals surface area (Å²) in [6, 6.07) is 3.53. The Balaban J connectivity index is 2.06. The number of hydrogen-bond donors (Lipinski definition) is 1. The van der Waals surface area contributed by atoms with Crippen LogP contribution in [0.4, 0.5) is 0 Å². The zero-order chi connectivity index (χ0) is 17.3. The molecule has 3 rings (SSSR count). The maximum atomic E-state index is 12.4. The lowest BCUT2D eigenvalue weighted by molar-refractivity contribution is 0.0464. The van der Waals surface area contributed by atoms with Gasteiger partial charge in [-0.15, -0.1) is 11.3 Å². The molecule has 0 saturated heterocycles. The van der Waals surface area contributed by atoms with Crippen LogP contribution >= 0.6 is 11.3 Å². The molecule has 0 atom stereocenters. The van der Waals surface area contributed by atoms with Crippen molar-refractivity contribution in [1.82, 2.24) is 15.0 Å². The lowest BCUT2D eigenvalue weighted by atomic mass is 10.2. The van der Waals surface area contributed by atoms with Crippen LogP contribution in [0, 0.1) is 12.8 Å². The Morgan fingerprint density at radius 3 is 2.71 bits per heavy atom. The fourth-order valence-electron chi connectivity index (χ4n) is 2.29. The third kappa shape index (κ3) is 3.07. The highest BCUT2D eigenvalue weighted by atomic mass is 32.1. The van der Waals surface area contributed by atoms with Crippen LogP contribution in [0.3, 0.4) is 0 Å². The number of esters is 1. The number of ether oxygens (including phenoxy) is 1. The van der Waals surface area contributed by atoms with E-state index in [2.05, 4.69) is 15.0 Å². The van der Waals surface area contributed by atoms with E-state index >= 15 is 0 Å². The van der Waals surface area contributed by atoms with Gasteiger partial charge in [0.1, 0.15) is 15.5 Å². The highest BCUT2D eigenvalue weighted by molar-refractivity contribution is 7.20. The zero-order valence-corrected chi connectivity index (χ0v) is 14.4. The number of fused-ring (bicyclic) bond motifs is 1. The smallest absolute Gasteiger partial charge is 0.348 e. The summed E-state index contributed by atoms with van der Waals surface area (Å²) in [6.45, 7) is 6.03. The highest BCUT2D eigenvalue weighted by Crippen LogP contribution is 2.29. The third-order valence-corrected chi connectivity index (χ3v) is 4.65. The van der Waals surface area contributed by atoms with Crippen molar-refractivity contribution in [2.24, 2.45) is 5.92 Å². The van der Waals surface area contributed by atoms with Gasteiger partial charge in [0.2, 0.25) is 0 Å². The number of thiophene rings is 1. The minimum atomic E-state index is -0.408. The maximum absolute atomic E-state index is 12.4. The maximum Gasteiger partial charge on any atom is 0.348 e. The van der Waals surface area contributed by atoms with E-state index in [-0.39, 0.29) is 11.5 Å². The van der Waals surface area contributed by atoms with E-state index < -0.39 is 5.97 Å². The van der Waals surface area contributed by atoms with Crippen LogP contribution in [0.15, 0.2) is 29.3 Å². The fourth-order valence-corrected chi connectivity index (χ4v) is 3.37. The predicted octanol–water partition coefficient (Wildman–Crippen LogP) is 3.17. The van der Waals surface area contributed by atoms with Gasteiger partial charge in [0.15, 0.2) is 0 Å². The van der Waals surface area contributed by atoms with Crippen LogP contribution in [-0.2, 0) is 4.74 Å². The van der Waals surface area contributed by atoms with Crippen LogP contribution in [0.2, 0.25) is 0 Å². The van der Waals surface area contributed by atoms with Crippen LogP contribution in [-0.4, -0.2) is 27.5 Å². The lowest BCUT2D eigenvalue weighted by Gasteiger charge is -2.05. The Morgan fingerprint density at radius 2 is 2.04 bits per heavy atom. The SMILES string of the molecule is Cc1c(C(=O)OCC(C)C)sc2nc(-c3ccncc3)[nH]c(=O)c12. The molecule has 24 heavy (non-hydrogen) atoms. The van der Waals surface area contributed by atoms with Crippen molar-refractivity contribution in [3.63, 3.8) is 0 Å². The summed E-state index contributed by atoms with van der Waals surface area (Å²) in [4.78, 5) is 36.9. The number of aromatic amines is 1. The number of nitrogens with zero attached hydrogens (tertiary/aromatic N) is 2. The summed E-state index contributed by atoms with van der Waals surface area (Å²) in [5, 5.41) is 0.439. The molecule has 0 aliphatic carbocycles. The van der Waals surface area contributed by atoms with Gasteiger partial charge in [-0.1, -0.05) is 13.8 Å². The first-order chi connectivity index (χ1) is 11.5. The van der Waals surface area contributed by atoms with Gasteiger partial charge in [0, 0.05) is 18.0 Å². The van der Waals surface area contributed by atoms with E-state index in [1.54, 1.807) is 31.5 Å². The second kappa shape index (κ2) is 6.52. The molecule has 7 heteroatoms. The molecular formula is C17H17N3O3S. The number of rotatable bonds is 4. The van der Waals surface area contributed by atoms with Crippen LogP contribution in [0.5, 0.6) is 0 Å². The molecule has 0 radical (unpaired) electrons. The fraction of sp³-hybridized carbons (Fsp3) is 0.294. The van der Waals surface area contributed by atoms with E-state index in [1.165, 1.54) is 11.3 Å². The number of hydrogen-bond acceptors (Lipinski definition) is 6. The van der Waals surface area contributed by atoms with Crippen LogP contribution in [0.1, 0.15) is 29.1 Å². The first kappa shape index (κ1) is 16.3. The molecular weight excluding hydrogens is 326 g/mol. The average Bonchev–Trinajstić information content (AvgIpc) is 2.90. The molecule has 0 aromatic carbocycles. The number of carbonyl (C=O) groups is 1. The molecule has 1 N–H and O–H groups in total. The molecule has 124 valence electrons. The first-order valence-electron chi connectivity index (χ1n) is 7.58. The monoisotopic (exact) mass is 343 g/mol. The first-order valence-corrected chi connectivity index (χ1v) is 8.40. The minimum absolute atomic E-state index is 0.253. The average molecular weight is 343 g/mol. The zero-order valence-electron chi connectivity index (χ0n) is 13.6. The van der Waals surface area contributed by atoms with Crippen molar-refractivity contribution in [3.05, 3.63) is 45.3 Å². The lowest BCUT2D eigenvalue weighted by Crippen LogP contribution is -2.11. The molecule has 0 spiro atoms. The number of carbonyl (C=O) groups excluding carboxylic acids is 1. The van der Waals surface area contributed by atoms with Crippen molar-refractivity contribution in [1.29, 1.82) is 0 Å². The highest BCUT2D eigenvalue weighted by Gasteiger charge is 2.20. The van der Waals surface area contributed by atoms with Crippen LogP contribution in [0.25, 0.3) is 21.6 Å². The van der Waals surface area contributed by atoms with Gasteiger partial charge in [-0.2, -0.15) is 0 Å². The Hall–Kier alpha value is -2.54. The predicted molar refractivity (Wildman–Crippen MR) is 93.3 cm³/mol. The number of H-pyrrole nitrogens is 1. The van der Waals surface area contributed by atoms with Crippen molar-refractivity contribution in [2.75, 3.05) is 6.61 Å². The normalized spacial score (nSPS) is 11.2. The molecule has 6 nitrogen and oxygen atoms in total. The number of aromatic nitrogens is 3. The molecule has 0 fully saturated rings. The summed E-state index contributed by atoms with van der Waals surface area (Å²) >= 11 is 1.19. The quantitative estimate of drug-likeness (QED) is 0.736. The van der Waals surface area contributed by atoms with Gasteiger partial charge >= 0.3 is 5.97 Å². The van der Waals surface area contributed by atoms with Crippen molar-refractivity contribution >= 4 is 27.5 Å². The second-order valence-electron chi connectivity index (χ2n) is 5.88. The number of aryl methyl sites for hydroxylation is 1. The molecule has 3 heterocycles. The van der Waals surface area contributed by atoms with Crippen molar-refractivity contribution in [2.45, 2.75) is 20.8 Å². The van der Waals surface area contributed by atoms with Gasteiger partial charge < -0.3 is 9.72 Å². The Kier molecular flexibility index (Phi) is 4.44. The van der Waals surface area contributed by atoms with E-state index in [0.29, 0.717) is 33.1 Å². The Labute approximate surface area is 142 Å². The minimum Gasteiger partial charge on any atom is -0.461 e. The molecule has 3 aromatic heterocycles. The number of pyridine rings is 1. The van der Waals surface area contributed by atoms with Gasteiger partial charge in [0.05, 0.1) is 12.0 Å². The summed E-state index contributed by atoms with van der Waals surface area (Å²) in [7, 11) is 0. The molecule has 0 unspecified atom stereocenters. The van der Waals surface area contributed by atoms with E-state index in [9.17, 15) is 9.59 Å². The molecule has 0 saturated carbocycles. The standard InChI is InChI=1S/C17H17N3O3S/c1-9(2)8-23-17(22)13-10(3)12-15(21)19-14(20-16(12)24-13)11-4-6-18-7-5-11/h4-7,9H,8H2,1-3H3,(H,19,20,21). The van der Waals surface area contributed by atoms with Crippen LogP contribution < -0.4 is 5.56 Å². The molecule has 3 aromatic rings. The molecule has 0 bridgehead atoms. The van der Waals surface area contributed by atoms with Crippen molar-refractivity contribution in [3.8, 4) is 11.4 Å². The van der Waals surface area contributed by atoms with E-state index in [1.807, 2.05) is 13.8 Å². The molecule has 0 amide bonds. The van der Waals surface area contributed by atoms with Gasteiger partial charge in [-0.25, -0.2) is 9.78 Å². The third-order valence-electron chi connectivity index (χ3n) is 3.49. The molecule has 0 aliphatic heterocycles. The largest absolute Gasteiger partial charge is 0.461 e. The van der Waals surface area contributed by atoms with E-state index in [0.717, 1.165) is 5.56 Å². The summed E-state index contributed by atoms with van der Waals surface area (Å²) in [6.07, 6.45) is 3.27. The van der Waals surface area contributed by atoms with Gasteiger partial charge in [-0.3, -0.25) is 9.78 Å². The van der Waals surface area contributed by atoms with Crippen molar-refractivity contribution < 1.29 is 9.53 Å². The summed E-state index contributed by atoms with van der Waals surface area (Å²) < 4.78 is 5.28. The molecule has 0 aliphatic rings.